The van der Waals surface area contributed by atoms with Gasteiger partial charge in [0.1, 0.15) is 6.61 Å². The summed E-state index contributed by atoms with van der Waals surface area (Å²) in [5, 5.41) is 0. The molecule has 84 valence electrons. The topological polar surface area (TPSA) is 73.4 Å². The molecule has 1 aromatic heterocycles. The number of nitrogens with zero attached hydrogens (tertiary/aromatic N) is 1. The second-order valence-electron chi connectivity index (χ2n) is 2.62. The summed E-state index contributed by atoms with van der Waals surface area (Å²) in [4.78, 5) is 17.5. The molecular weight excluding hydrogens is 200 g/mol. The summed E-state index contributed by atoms with van der Waals surface area (Å²) in [5.74, 6) is 0.259. The smallest absolute Gasteiger partial charge is 0.297 e. The van der Waals surface area contributed by atoms with Crippen molar-refractivity contribution in [1.82, 2.24) is 9.97 Å². The molecule has 1 aromatic rings. The Hall–Kier alpha value is -1.56. The van der Waals surface area contributed by atoms with E-state index < -0.39 is 0 Å². The van der Waals surface area contributed by atoms with Crippen molar-refractivity contribution >= 4 is 0 Å². The van der Waals surface area contributed by atoms with Crippen LogP contribution in [0.4, 0.5) is 0 Å². The molecule has 0 saturated heterocycles. The van der Waals surface area contributed by atoms with E-state index in [1.54, 1.807) is 0 Å². The van der Waals surface area contributed by atoms with Crippen molar-refractivity contribution in [1.29, 1.82) is 0 Å². The number of hydrogen-bond acceptors (Lipinski definition) is 5. The van der Waals surface area contributed by atoms with Crippen molar-refractivity contribution in [3.63, 3.8) is 0 Å². The minimum Gasteiger partial charge on any atom is -0.487 e. The Bertz CT molecular complexity index is 350. The molecule has 0 aliphatic rings. The van der Waals surface area contributed by atoms with Crippen LogP contribution in [-0.4, -0.2) is 36.9 Å². The van der Waals surface area contributed by atoms with E-state index in [0.29, 0.717) is 19.8 Å². The van der Waals surface area contributed by atoms with Gasteiger partial charge in [-0.2, -0.15) is 0 Å². The molecule has 1 N–H and O–H groups in total. The van der Waals surface area contributed by atoms with Gasteiger partial charge < -0.3 is 19.2 Å². The first-order chi connectivity index (χ1) is 7.29. The van der Waals surface area contributed by atoms with Gasteiger partial charge in [-0.15, -0.1) is 0 Å². The number of hydrogen-bond donors (Lipinski definition) is 1. The maximum absolute atomic E-state index is 11.2. The zero-order valence-corrected chi connectivity index (χ0v) is 8.78. The maximum Gasteiger partial charge on any atom is 0.297 e. The van der Waals surface area contributed by atoms with Crippen molar-refractivity contribution < 1.29 is 14.2 Å². The van der Waals surface area contributed by atoms with E-state index >= 15 is 0 Å². The Balaban J connectivity index is 2.60. The lowest BCUT2D eigenvalue weighted by Crippen LogP contribution is -2.14. The highest BCUT2D eigenvalue weighted by molar-refractivity contribution is 5.29. The van der Waals surface area contributed by atoms with E-state index in [1.165, 1.54) is 13.4 Å². The largest absolute Gasteiger partial charge is 0.487 e. The summed E-state index contributed by atoms with van der Waals surface area (Å²) in [6.45, 7) is 3.31. The maximum atomic E-state index is 11.2. The molecular formula is C9H14N2O4. The molecule has 0 aliphatic carbocycles. The molecule has 1 heterocycles. The second-order valence-corrected chi connectivity index (χ2v) is 2.62. The second kappa shape index (κ2) is 6.02. The lowest BCUT2D eigenvalue weighted by atomic mass is 10.5. The number of ether oxygens (including phenoxy) is 3. The molecule has 0 unspecified atom stereocenters. The predicted octanol–water partition coefficient (Wildman–Crippen LogP) is 0.194. The molecule has 0 saturated carbocycles. The van der Waals surface area contributed by atoms with Crippen LogP contribution >= 0.6 is 0 Å². The van der Waals surface area contributed by atoms with Crippen LogP contribution < -0.4 is 15.0 Å². The molecule has 0 atom stereocenters. The quantitative estimate of drug-likeness (QED) is 0.684. The van der Waals surface area contributed by atoms with E-state index in [2.05, 4.69) is 9.97 Å². The first-order valence-corrected chi connectivity index (χ1v) is 4.61. The summed E-state index contributed by atoms with van der Waals surface area (Å²) < 4.78 is 15.2. The highest BCUT2D eigenvalue weighted by Crippen LogP contribution is 2.16. The number of methoxy groups -OCH3 is 1. The monoisotopic (exact) mass is 214 g/mol. The number of H-pyrrole nitrogens is 1. The van der Waals surface area contributed by atoms with Gasteiger partial charge in [0.2, 0.25) is 5.75 Å². The zero-order chi connectivity index (χ0) is 11.1. The lowest BCUT2D eigenvalue weighted by Gasteiger charge is -2.07. The van der Waals surface area contributed by atoms with Crippen LogP contribution in [0.15, 0.2) is 11.1 Å². The molecule has 0 amide bonds. The van der Waals surface area contributed by atoms with Gasteiger partial charge in [0.05, 0.1) is 20.0 Å². The fraction of sp³-hybridized carbons (Fsp3) is 0.556. The van der Waals surface area contributed by atoms with E-state index in [0.717, 1.165) is 0 Å². The van der Waals surface area contributed by atoms with Crippen LogP contribution in [0, 0.1) is 0 Å². The molecule has 1 rings (SSSR count). The third-order valence-corrected chi connectivity index (χ3v) is 1.65. The van der Waals surface area contributed by atoms with Gasteiger partial charge in [0.15, 0.2) is 0 Å². The lowest BCUT2D eigenvalue weighted by molar-refractivity contribution is 0.107. The van der Waals surface area contributed by atoms with Gasteiger partial charge in [0, 0.05) is 6.61 Å². The fourth-order valence-electron chi connectivity index (χ4n) is 0.995. The fourth-order valence-corrected chi connectivity index (χ4v) is 0.995. The SMILES string of the molecule is CCOCCOc1nc[nH]c(=O)c1OC. The highest BCUT2D eigenvalue weighted by Gasteiger charge is 2.09. The number of aromatic nitrogens is 2. The molecule has 0 spiro atoms. The van der Waals surface area contributed by atoms with Gasteiger partial charge in [-0.05, 0) is 6.92 Å². The van der Waals surface area contributed by atoms with Crippen LogP contribution in [0.2, 0.25) is 0 Å². The van der Waals surface area contributed by atoms with Crippen LogP contribution in [0.1, 0.15) is 6.92 Å². The van der Waals surface area contributed by atoms with E-state index in [9.17, 15) is 4.79 Å². The van der Waals surface area contributed by atoms with Gasteiger partial charge in [0.25, 0.3) is 11.4 Å². The summed E-state index contributed by atoms with van der Waals surface area (Å²) in [5.41, 5.74) is -0.362. The normalized spacial score (nSPS) is 10.0. The molecule has 0 aliphatic heterocycles. The average Bonchev–Trinajstić information content (AvgIpc) is 2.24. The molecule has 0 bridgehead atoms. The van der Waals surface area contributed by atoms with Gasteiger partial charge in [-0.25, -0.2) is 4.98 Å². The van der Waals surface area contributed by atoms with Gasteiger partial charge >= 0.3 is 0 Å². The third-order valence-electron chi connectivity index (χ3n) is 1.65. The number of nitrogens with one attached hydrogen (secondary N) is 1. The average molecular weight is 214 g/mol. The van der Waals surface area contributed by atoms with Gasteiger partial charge in [-0.1, -0.05) is 0 Å². The summed E-state index contributed by atoms with van der Waals surface area (Å²) in [6.07, 6.45) is 1.26. The minimum absolute atomic E-state index is 0.0778. The van der Waals surface area contributed by atoms with Gasteiger partial charge in [-0.3, -0.25) is 4.79 Å². The number of aromatic amines is 1. The van der Waals surface area contributed by atoms with Crippen molar-refractivity contribution in [2.45, 2.75) is 6.92 Å². The molecule has 15 heavy (non-hydrogen) atoms. The van der Waals surface area contributed by atoms with Crippen LogP contribution in [0.5, 0.6) is 11.6 Å². The van der Waals surface area contributed by atoms with Crippen molar-refractivity contribution in [2.75, 3.05) is 26.9 Å². The molecule has 6 nitrogen and oxygen atoms in total. The summed E-state index contributed by atoms with van der Waals surface area (Å²) in [7, 11) is 1.39. The Kier molecular flexibility index (Phi) is 4.62. The van der Waals surface area contributed by atoms with E-state index in [4.69, 9.17) is 14.2 Å². The Morgan fingerprint density at radius 1 is 1.47 bits per heavy atom. The first kappa shape index (κ1) is 11.5. The Morgan fingerprint density at radius 3 is 2.93 bits per heavy atom. The molecule has 0 radical (unpaired) electrons. The third kappa shape index (κ3) is 3.25. The Labute approximate surface area is 87.2 Å². The standard InChI is InChI=1S/C9H14N2O4/c1-3-14-4-5-15-9-7(13-2)8(12)10-6-11-9/h6H,3-5H2,1-2H3,(H,10,11,12). The summed E-state index contributed by atoms with van der Waals surface area (Å²) >= 11 is 0. The molecule has 0 fully saturated rings. The van der Waals surface area contributed by atoms with E-state index in [-0.39, 0.29) is 17.2 Å². The predicted molar refractivity (Wildman–Crippen MR) is 53.4 cm³/mol. The van der Waals surface area contributed by atoms with Crippen molar-refractivity contribution in [3.05, 3.63) is 16.7 Å². The minimum atomic E-state index is -0.362. The van der Waals surface area contributed by atoms with Crippen LogP contribution in [-0.2, 0) is 4.74 Å². The highest BCUT2D eigenvalue weighted by atomic mass is 16.5. The Morgan fingerprint density at radius 2 is 2.27 bits per heavy atom. The number of rotatable bonds is 6. The van der Waals surface area contributed by atoms with Crippen molar-refractivity contribution in [3.8, 4) is 11.6 Å². The van der Waals surface area contributed by atoms with Crippen LogP contribution in [0.3, 0.4) is 0 Å². The molecule has 0 aromatic carbocycles. The van der Waals surface area contributed by atoms with Crippen LogP contribution in [0.25, 0.3) is 0 Å². The summed E-state index contributed by atoms with van der Waals surface area (Å²) in [6, 6.07) is 0. The molecule has 6 heteroatoms. The first-order valence-electron chi connectivity index (χ1n) is 4.61. The van der Waals surface area contributed by atoms with Crippen molar-refractivity contribution in [2.24, 2.45) is 0 Å². The zero-order valence-electron chi connectivity index (χ0n) is 8.78. The van der Waals surface area contributed by atoms with E-state index in [1.807, 2.05) is 6.92 Å².